The molecule has 0 unspecified atom stereocenters. The molecule has 0 saturated heterocycles. The van der Waals surface area contributed by atoms with Crippen LogP contribution in [0.15, 0.2) is 182 Å². The van der Waals surface area contributed by atoms with Crippen molar-refractivity contribution in [2.45, 2.75) is 0 Å². The molecule has 276 valence electrons. The zero-order valence-corrected chi connectivity index (χ0v) is 34.0. The van der Waals surface area contributed by atoms with Crippen LogP contribution in [0.25, 0.3) is 54.9 Å². The molecule has 0 spiro atoms. The molecule has 1 aliphatic rings. The monoisotopic (exact) mass is 941 g/mol. The number of imidazole rings is 1. The fraction of sp³-hybridized carbons (Fsp3) is 0. The molecule has 0 saturated carbocycles. The van der Waals surface area contributed by atoms with E-state index in [0.717, 1.165) is 66.4 Å². The Hall–Kier alpha value is -6.79. The molecular formula is C50H30N4O2PtSi. The summed E-state index contributed by atoms with van der Waals surface area (Å²) in [5.74, 6) is 2.84. The van der Waals surface area contributed by atoms with Gasteiger partial charge in [0.1, 0.15) is 11.4 Å². The van der Waals surface area contributed by atoms with Gasteiger partial charge in [-0.25, -0.2) is 4.98 Å². The number of nitrogens with zero attached hydrogens (tertiary/aromatic N) is 4. The molecule has 58 heavy (non-hydrogen) atoms. The zero-order chi connectivity index (χ0) is 37.5. The molecular weight excluding hydrogens is 912 g/mol. The molecule has 7 aromatic carbocycles. The van der Waals surface area contributed by atoms with Crippen LogP contribution in [-0.4, -0.2) is 27.0 Å². The van der Waals surface area contributed by atoms with E-state index in [9.17, 15) is 0 Å². The Kier molecular flexibility index (Phi) is 7.97. The van der Waals surface area contributed by atoms with E-state index in [1.165, 1.54) is 20.7 Å². The standard InChI is InChI=1S/C50H30N4O2Si.Pt/c1-3-15-36(16-4-1)57(37-17-5-2-6-18-37)45-23-10-9-22-44(45)56-48-46(57)27-26-40-41-20-12-28-51-50(41)54(47(40)48)33-13-11-14-34(31-33)55-35-24-25-38-39-19-7-8-21-43(39)53-30-29-52-49(53)42(38)32-35;/h1-30H;/q-2;+2. The first kappa shape index (κ1) is 34.5. The summed E-state index contributed by atoms with van der Waals surface area (Å²) in [7, 11) is -2.89. The fourth-order valence-electron chi connectivity index (χ4n) is 9.09. The molecule has 0 amide bonds. The van der Waals surface area contributed by atoms with E-state index in [1.807, 2.05) is 42.9 Å². The van der Waals surface area contributed by atoms with E-state index in [1.54, 1.807) is 0 Å². The quantitative estimate of drug-likeness (QED) is 0.0983. The van der Waals surface area contributed by atoms with Gasteiger partial charge in [-0.2, -0.15) is 6.07 Å². The molecule has 0 aliphatic carbocycles. The Morgan fingerprint density at radius 2 is 1.24 bits per heavy atom. The third-order valence-electron chi connectivity index (χ3n) is 11.4. The molecule has 5 heterocycles. The Balaban J connectivity index is 0.00000385. The number of aromatic nitrogens is 4. The van der Waals surface area contributed by atoms with Crippen molar-refractivity contribution in [3.8, 4) is 28.7 Å². The summed E-state index contributed by atoms with van der Waals surface area (Å²) in [6.45, 7) is 0. The Morgan fingerprint density at radius 3 is 2.09 bits per heavy atom. The van der Waals surface area contributed by atoms with Crippen LogP contribution in [0, 0.1) is 12.1 Å². The minimum atomic E-state index is -2.89. The first-order chi connectivity index (χ1) is 28.3. The molecule has 0 bridgehead atoms. The minimum absolute atomic E-state index is 0. The van der Waals surface area contributed by atoms with Crippen molar-refractivity contribution in [3.05, 3.63) is 195 Å². The van der Waals surface area contributed by atoms with Crippen LogP contribution >= 0.6 is 0 Å². The van der Waals surface area contributed by atoms with Gasteiger partial charge in [0.2, 0.25) is 0 Å². The van der Waals surface area contributed by atoms with Crippen molar-refractivity contribution >= 4 is 78.1 Å². The van der Waals surface area contributed by atoms with Crippen molar-refractivity contribution in [1.82, 2.24) is 18.9 Å². The summed E-state index contributed by atoms with van der Waals surface area (Å²) in [6.07, 6.45) is 5.66. The molecule has 12 rings (SSSR count). The number of para-hydroxylation sites is 2. The first-order valence-corrected chi connectivity index (χ1v) is 21.0. The maximum Gasteiger partial charge on any atom is 2.00 e. The first-order valence-electron chi connectivity index (χ1n) is 19.0. The minimum Gasteiger partial charge on any atom is -0.503 e. The van der Waals surface area contributed by atoms with Gasteiger partial charge in [-0.15, -0.1) is 30.3 Å². The number of pyridine rings is 2. The van der Waals surface area contributed by atoms with Gasteiger partial charge in [0, 0.05) is 46.4 Å². The molecule has 0 atom stereocenters. The number of benzene rings is 7. The average molecular weight is 942 g/mol. The number of rotatable bonds is 5. The van der Waals surface area contributed by atoms with Crippen LogP contribution in [0.3, 0.4) is 0 Å². The number of ether oxygens (including phenoxy) is 2. The van der Waals surface area contributed by atoms with Gasteiger partial charge in [0.15, 0.2) is 13.8 Å². The average Bonchev–Trinajstić information content (AvgIpc) is 3.91. The normalized spacial score (nSPS) is 13.0. The van der Waals surface area contributed by atoms with Crippen molar-refractivity contribution in [2.24, 2.45) is 0 Å². The molecule has 11 aromatic rings. The molecule has 0 radical (unpaired) electrons. The van der Waals surface area contributed by atoms with E-state index in [-0.39, 0.29) is 21.1 Å². The molecule has 1 aliphatic heterocycles. The molecule has 4 aromatic heterocycles. The largest absolute Gasteiger partial charge is 2.00 e. The number of hydrogen-bond donors (Lipinski definition) is 0. The molecule has 6 nitrogen and oxygen atoms in total. The summed E-state index contributed by atoms with van der Waals surface area (Å²) in [5, 5.41) is 10.2. The predicted octanol–water partition coefficient (Wildman–Crippen LogP) is 9.01. The van der Waals surface area contributed by atoms with Crippen LogP contribution in [0.5, 0.6) is 23.0 Å². The maximum absolute atomic E-state index is 7.13. The summed E-state index contributed by atoms with van der Waals surface area (Å²) >= 11 is 0. The molecule has 8 heteroatoms. The molecule has 0 N–H and O–H groups in total. The van der Waals surface area contributed by atoms with Gasteiger partial charge in [0.25, 0.3) is 0 Å². The van der Waals surface area contributed by atoms with E-state index < -0.39 is 8.07 Å². The topological polar surface area (TPSA) is 53.6 Å². The number of fused-ring (bicyclic) bond motifs is 12. The second-order valence-electron chi connectivity index (χ2n) is 14.4. The van der Waals surface area contributed by atoms with E-state index in [4.69, 9.17) is 19.4 Å². The maximum atomic E-state index is 7.13. The van der Waals surface area contributed by atoms with Gasteiger partial charge in [-0.1, -0.05) is 132 Å². The van der Waals surface area contributed by atoms with E-state index in [2.05, 4.69) is 161 Å². The van der Waals surface area contributed by atoms with Crippen LogP contribution in [0.1, 0.15) is 0 Å². The predicted molar refractivity (Wildman–Crippen MR) is 230 cm³/mol. The Labute approximate surface area is 348 Å². The Bertz CT molecular complexity index is 3340. The fourth-order valence-corrected chi connectivity index (χ4v) is 14.0. The summed E-state index contributed by atoms with van der Waals surface area (Å²) < 4.78 is 18.0. The zero-order valence-electron chi connectivity index (χ0n) is 30.7. The third-order valence-corrected chi connectivity index (χ3v) is 16.2. The van der Waals surface area contributed by atoms with Gasteiger partial charge in [-0.05, 0) is 50.4 Å². The van der Waals surface area contributed by atoms with Crippen molar-refractivity contribution in [1.29, 1.82) is 0 Å². The Morgan fingerprint density at radius 1 is 0.534 bits per heavy atom. The second-order valence-corrected chi connectivity index (χ2v) is 18.1. The van der Waals surface area contributed by atoms with Gasteiger partial charge in [0.05, 0.1) is 11.2 Å². The summed E-state index contributed by atoms with van der Waals surface area (Å²) in [5.41, 5.74) is 4.48. The van der Waals surface area contributed by atoms with Crippen molar-refractivity contribution in [3.63, 3.8) is 0 Å². The molecule has 0 fully saturated rings. The van der Waals surface area contributed by atoms with E-state index >= 15 is 0 Å². The number of hydrogen-bond acceptors (Lipinski definition) is 4. The van der Waals surface area contributed by atoms with Crippen LogP contribution < -0.4 is 30.2 Å². The summed E-state index contributed by atoms with van der Waals surface area (Å²) in [4.78, 5) is 9.68. The van der Waals surface area contributed by atoms with Gasteiger partial charge >= 0.3 is 21.1 Å². The SMILES string of the molecule is [Pt+2].[c-]1c(Oc2[c-]c3c(cc2)c2ccccc2n2ccnc32)cccc1-n1c2ncccc2c2ccc3c(c21)Oc1ccccc1[Si]3(c1ccccc1)c1ccccc1. The van der Waals surface area contributed by atoms with Crippen LogP contribution in [-0.2, 0) is 21.1 Å². The second kappa shape index (κ2) is 13.4. The summed E-state index contributed by atoms with van der Waals surface area (Å²) in [6, 6.07) is 64.7. The van der Waals surface area contributed by atoms with Gasteiger partial charge < -0.3 is 18.4 Å². The van der Waals surface area contributed by atoms with Crippen molar-refractivity contribution < 1.29 is 30.5 Å². The van der Waals surface area contributed by atoms with Crippen LogP contribution in [0.2, 0.25) is 0 Å². The van der Waals surface area contributed by atoms with Crippen molar-refractivity contribution in [2.75, 3.05) is 0 Å². The van der Waals surface area contributed by atoms with E-state index in [0.29, 0.717) is 11.5 Å². The van der Waals surface area contributed by atoms with Gasteiger partial charge in [-0.3, -0.25) is 4.98 Å². The third kappa shape index (κ3) is 4.94. The smallest absolute Gasteiger partial charge is 0.503 e. The van der Waals surface area contributed by atoms with Crippen LogP contribution in [0.4, 0.5) is 0 Å².